The first-order valence-corrected chi connectivity index (χ1v) is 4.87. The van der Waals surface area contributed by atoms with Gasteiger partial charge in [0.15, 0.2) is 0 Å². The lowest BCUT2D eigenvalue weighted by atomic mass is 10.1. The van der Waals surface area contributed by atoms with Crippen LogP contribution < -0.4 is 0 Å². The summed E-state index contributed by atoms with van der Waals surface area (Å²) in [6, 6.07) is 6.72. The minimum Gasteiger partial charge on any atom is -0.344 e. The summed E-state index contributed by atoms with van der Waals surface area (Å²) in [6.45, 7) is 0. The first-order valence-electron chi connectivity index (χ1n) is 3.74. The zero-order valence-electron chi connectivity index (χ0n) is 6.80. The summed E-state index contributed by atoms with van der Waals surface area (Å²) in [7, 11) is 0. The normalized spacial score (nSPS) is 10.5. The van der Waals surface area contributed by atoms with Gasteiger partial charge in [-0.2, -0.15) is 0 Å². The smallest absolute Gasteiger partial charge is 0.226 e. The predicted octanol–water partition coefficient (Wildman–Crippen LogP) is 4.30. The van der Waals surface area contributed by atoms with Crippen molar-refractivity contribution < 1.29 is 4.52 Å². The molecule has 2 rings (SSSR count). The number of aromatic nitrogens is 1. The quantitative estimate of drug-likeness (QED) is 0.752. The maximum absolute atomic E-state index is 5.83. The molecule has 0 atom stereocenters. The molecule has 0 bridgehead atoms. The summed E-state index contributed by atoms with van der Waals surface area (Å²) in [6.07, 6.45) is 0. The Morgan fingerprint density at radius 2 is 1.57 bits per heavy atom. The van der Waals surface area contributed by atoms with Crippen LogP contribution in [0, 0.1) is 0 Å². The topological polar surface area (TPSA) is 26.0 Å². The van der Waals surface area contributed by atoms with E-state index in [1.54, 1.807) is 24.3 Å². The molecule has 1 heterocycles. The van der Waals surface area contributed by atoms with E-state index in [1.807, 2.05) is 0 Å². The standard InChI is InChI=1S/C9H4Cl3NO/c10-6-1-5(2-7(11)3-6)8-4-9(12)14-13-8/h1-4H. The average Bonchev–Trinajstić information content (AvgIpc) is 2.50. The number of hydrogen-bond acceptors (Lipinski definition) is 2. The van der Waals surface area contributed by atoms with Gasteiger partial charge in [0.25, 0.3) is 0 Å². The van der Waals surface area contributed by atoms with Crippen molar-refractivity contribution in [2.45, 2.75) is 0 Å². The number of benzene rings is 1. The Labute approximate surface area is 95.4 Å². The second kappa shape index (κ2) is 3.81. The van der Waals surface area contributed by atoms with E-state index in [-0.39, 0.29) is 5.22 Å². The highest BCUT2D eigenvalue weighted by Gasteiger charge is 2.06. The second-order valence-corrected chi connectivity index (χ2v) is 3.92. The largest absolute Gasteiger partial charge is 0.344 e. The molecule has 0 fully saturated rings. The molecule has 72 valence electrons. The third-order valence-electron chi connectivity index (χ3n) is 1.64. The Bertz CT molecular complexity index is 447. The van der Waals surface area contributed by atoms with Gasteiger partial charge in [0.05, 0.1) is 0 Å². The lowest BCUT2D eigenvalue weighted by molar-refractivity contribution is 0.424. The van der Waals surface area contributed by atoms with Crippen molar-refractivity contribution in [3.63, 3.8) is 0 Å². The number of nitrogens with zero attached hydrogens (tertiary/aromatic N) is 1. The fourth-order valence-electron chi connectivity index (χ4n) is 1.09. The summed E-state index contributed by atoms with van der Waals surface area (Å²) in [5, 5.41) is 5.07. The summed E-state index contributed by atoms with van der Waals surface area (Å²) in [5.74, 6) is 0. The van der Waals surface area contributed by atoms with Crippen LogP contribution in [0.3, 0.4) is 0 Å². The van der Waals surface area contributed by atoms with Gasteiger partial charge in [0.2, 0.25) is 5.22 Å². The molecule has 2 aromatic rings. The second-order valence-electron chi connectivity index (χ2n) is 2.67. The Hall–Kier alpha value is -0.700. The third-order valence-corrected chi connectivity index (χ3v) is 2.25. The maximum Gasteiger partial charge on any atom is 0.226 e. The molecule has 0 radical (unpaired) electrons. The SMILES string of the molecule is Clc1cc(Cl)cc(-c2cc(Cl)on2)c1. The minimum atomic E-state index is 0.232. The van der Waals surface area contributed by atoms with Crippen LogP contribution in [-0.2, 0) is 0 Å². The van der Waals surface area contributed by atoms with Gasteiger partial charge < -0.3 is 4.52 Å². The van der Waals surface area contributed by atoms with Gasteiger partial charge in [-0.3, -0.25) is 0 Å². The van der Waals surface area contributed by atoms with E-state index < -0.39 is 0 Å². The Morgan fingerprint density at radius 3 is 2.07 bits per heavy atom. The van der Waals surface area contributed by atoms with Crippen LogP contribution in [0.1, 0.15) is 0 Å². The Balaban J connectivity index is 2.51. The molecule has 1 aromatic heterocycles. The molecule has 0 saturated heterocycles. The lowest BCUT2D eigenvalue weighted by Gasteiger charge is -1.97. The van der Waals surface area contributed by atoms with E-state index in [1.165, 1.54) is 0 Å². The fourth-order valence-corrected chi connectivity index (χ4v) is 1.75. The van der Waals surface area contributed by atoms with E-state index >= 15 is 0 Å². The minimum absolute atomic E-state index is 0.232. The molecule has 0 amide bonds. The monoisotopic (exact) mass is 247 g/mol. The van der Waals surface area contributed by atoms with E-state index in [4.69, 9.17) is 39.3 Å². The molecule has 0 aliphatic heterocycles. The molecule has 0 aliphatic carbocycles. The maximum atomic E-state index is 5.83. The molecule has 1 aromatic carbocycles. The van der Waals surface area contributed by atoms with Crippen LogP contribution in [0.4, 0.5) is 0 Å². The molecule has 2 nitrogen and oxygen atoms in total. The van der Waals surface area contributed by atoms with Gasteiger partial charge in [-0.25, -0.2) is 0 Å². The van der Waals surface area contributed by atoms with Crippen LogP contribution >= 0.6 is 34.8 Å². The zero-order chi connectivity index (χ0) is 10.1. The molecule has 0 saturated carbocycles. The van der Waals surface area contributed by atoms with Crippen molar-refractivity contribution in [2.75, 3.05) is 0 Å². The molecule has 5 heteroatoms. The van der Waals surface area contributed by atoms with Crippen molar-refractivity contribution in [3.8, 4) is 11.3 Å². The van der Waals surface area contributed by atoms with Gasteiger partial charge in [-0.05, 0) is 29.8 Å². The van der Waals surface area contributed by atoms with E-state index in [2.05, 4.69) is 5.16 Å². The molecular formula is C9H4Cl3NO. The number of halogens is 3. The first kappa shape index (κ1) is 9.84. The highest BCUT2D eigenvalue weighted by Crippen LogP contribution is 2.27. The van der Waals surface area contributed by atoms with E-state index in [9.17, 15) is 0 Å². The number of hydrogen-bond donors (Lipinski definition) is 0. The third kappa shape index (κ3) is 2.03. The van der Waals surface area contributed by atoms with Crippen molar-refractivity contribution in [2.24, 2.45) is 0 Å². The van der Waals surface area contributed by atoms with Gasteiger partial charge in [0, 0.05) is 21.7 Å². The Morgan fingerprint density at radius 1 is 0.929 bits per heavy atom. The van der Waals surface area contributed by atoms with Crippen LogP contribution in [0.15, 0.2) is 28.8 Å². The molecule has 0 spiro atoms. The van der Waals surface area contributed by atoms with Crippen molar-refractivity contribution >= 4 is 34.8 Å². The van der Waals surface area contributed by atoms with Crippen LogP contribution in [-0.4, -0.2) is 5.16 Å². The summed E-state index contributed by atoms with van der Waals surface area (Å²) in [5.41, 5.74) is 1.39. The summed E-state index contributed by atoms with van der Waals surface area (Å²) < 4.78 is 4.73. The van der Waals surface area contributed by atoms with Crippen LogP contribution in [0.5, 0.6) is 0 Å². The van der Waals surface area contributed by atoms with Crippen LogP contribution in [0.25, 0.3) is 11.3 Å². The fraction of sp³-hybridized carbons (Fsp3) is 0. The van der Waals surface area contributed by atoms with Gasteiger partial charge in [0.1, 0.15) is 5.69 Å². The molecule has 0 unspecified atom stereocenters. The lowest BCUT2D eigenvalue weighted by Crippen LogP contribution is -1.77. The van der Waals surface area contributed by atoms with Gasteiger partial charge in [-0.1, -0.05) is 28.4 Å². The highest BCUT2D eigenvalue weighted by atomic mass is 35.5. The van der Waals surface area contributed by atoms with Crippen molar-refractivity contribution in [3.05, 3.63) is 39.5 Å². The van der Waals surface area contributed by atoms with Crippen LogP contribution in [0.2, 0.25) is 15.3 Å². The highest BCUT2D eigenvalue weighted by molar-refractivity contribution is 6.35. The van der Waals surface area contributed by atoms with Crippen molar-refractivity contribution in [1.29, 1.82) is 0 Å². The molecule has 14 heavy (non-hydrogen) atoms. The van der Waals surface area contributed by atoms with Gasteiger partial charge in [-0.15, -0.1) is 0 Å². The van der Waals surface area contributed by atoms with E-state index in [0.717, 1.165) is 5.56 Å². The molecular weight excluding hydrogens is 244 g/mol. The zero-order valence-corrected chi connectivity index (χ0v) is 9.07. The average molecular weight is 248 g/mol. The molecule has 0 N–H and O–H groups in total. The first-order chi connectivity index (χ1) is 6.65. The predicted molar refractivity (Wildman–Crippen MR) is 57.0 cm³/mol. The summed E-state index contributed by atoms with van der Waals surface area (Å²) >= 11 is 17.3. The summed E-state index contributed by atoms with van der Waals surface area (Å²) in [4.78, 5) is 0. The van der Waals surface area contributed by atoms with E-state index in [0.29, 0.717) is 15.7 Å². The number of rotatable bonds is 1. The van der Waals surface area contributed by atoms with Crippen molar-refractivity contribution in [1.82, 2.24) is 5.16 Å². The molecule has 0 aliphatic rings. The Kier molecular flexibility index (Phi) is 2.68. The van der Waals surface area contributed by atoms with Gasteiger partial charge >= 0.3 is 0 Å².